The van der Waals surface area contributed by atoms with E-state index in [4.69, 9.17) is 0 Å². The maximum Gasteiger partial charge on any atom is 0.325 e. The van der Waals surface area contributed by atoms with Gasteiger partial charge < -0.3 is 10.6 Å². The second kappa shape index (κ2) is 8.20. The standard InChI is InChI=1S/C19H26N4O4/c1-5-6-13-7-9-14(10-8-13)19(4)16(25)23(18(27)22-19)11-15(24)21-17(26)20-12(2)3/h7-10,12H,5-6,11H2,1-4H3,(H,22,27)(H2,20,21,24,26)/t19-/m0/s1. The molecule has 8 heteroatoms. The Kier molecular flexibility index (Phi) is 6.20. The molecule has 0 spiro atoms. The van der Waals surface area contributed by atoms with E-state index in [1.54, 1.807) is 20.8 Å². The number of hydrogen-bond acceptors (Lipinski definition) is 4. The van der Waals surface area contributed by atoms with Gasteiger partial charge in [-0.05, 0) is 38.3 Å². The van der Waals surface area contributed by atoms with Crippen LogP contribution in [-0.4, -0.2) is 41.4 Å². The fourth-order valence-electron chi connectivity index (χ4n) is 2.94. The van der Waals surface area contributed by atoms with Crippen molar-refractivity contribution in [2.45, 2.75) is 52.1 Å². The molecule has 1 aliphatic heterocycles. The van der Waals surface area contributed by atoms with Gasteiger partial charge in [-0.2, -0.15) is 0 Å². The third-order valence-electron chi connectivity index (χ3n) is 4.32. The van der Waals surface area contributed by atoms with E-state index < -0.39 is 36.0 Å². The molecule has 0 radical (unpaired) electrons. The molecule has 0 aliphatic carbocycles. The SMILES string of the molecule is CCCc1ccc([C@]2(C)NC(=O)N(CC(=O)NC(=O)NC(C)C)C2=O)cc1. The first-order valence-electron chi connectivity index (χ1n) is 9.01. The number of carbonyl (C=O) groups is 4. The summed E-state index contributed by atoms with van der Waals surface area (Å²) in [5.41, 5.74) is 0.539. The fraction of sp³-hybridized carbons (Fsp3) is 0.474. The number of imide groups is 2. The number of hydrogen-bond donors (Lipinski definition) is 3. The lowest BCUT2D eigenvalue weighted by Crippen LogP contribution is -2.48. The van der Waals surface area contributed by atoms with Gasteiger partial charge in [-0.25, -0.2) is 9.59 Å². The lowest BCUT2D eigenvalue weighted by atomic mass is 9.91. The number of nitrogens with one attached hydrogen (secondary N) is 3. The molecule has 0 aromatic heterocycles. The Morgan fingerprint density at radius 3 is 2.37 bits per heavy atom. The van der Waals surface area contributed by atoms with Gasteiger partial charge in [0.2, 0.25) is 5.91 Å². The summed E-state index contributed by atoms with van der Waals surface area (Å²) in [5, 5.41) is 7.25. The zero-order valence-electron chi connectivity index (χ0n) is 16.1. The van der Waals surface area contributed by atoms with Crippen LogP contribution in [0.3, 0.4) is 0 Å². The number of urea groups is 2. The lowest BCUT2D eigenvalue weighted by Gasteiger charge is -2.22. The number of rotatable bonds is 6. The summed E-state index contributed by atoms with van der Waals surface area (Å²) in [4.78, 5) is 49.5. The minimum atomic E-state index is -1.25. The van der Waals surface area contributed by atoms with Gasteiger partial charge in [0.25, 0.3) is 5.91 Å². The van der Waals surface area contributed by atoms with Crippen LogP contribution in [0.25, 0.3) is 0 Å². The van der Waals surface area contributed by atoms with Crippen molar-refractivity contribution in [2.24, 2.45) is 0 Å². The molecule has 1 aliphatic rings. The monoisotopic (exact) mass is 374 g/mol. The van der Waals surface area contributed by atoms with E-state index >= 15 is 0 Å². The number of benzene rings is 1. The van der Waals surface area contributed by atoms with E-state index in [1.807, 2.05) is 24.3 Å². The van der Waals surface area contributed by atoms with Gasteiger partial charge in [-0.3, -0.25) is 19.8 Å². The zero-order valence-corrected chi connectivity index (χ0v) is 16.1. The van der Waals surface area contributed by atoms with Crippen molar-refractivity contribution in [1.82, 2.24) is 20.9 Å². The molecule has 1 aromatic carbocycles. The van der Waals surface area contributed by atoms with Crippen LogP contribution in [0.5, 0.6) is 0 Å². The average Bonchev–Trinajstić information content (AvgIpc) is 2.79. The van der Waals surface area contributed by atoms with Crippen LogP contribution in [0, 0.1) is 0 Å². The minimum absolute atomic E-state index is 0.145. The first-order valence-corrected chi connectivity index (χ1v) is 9.01. The second-order valence-corrected chi connectivity index (χ2v) is 7.07. The number of amides is 6. The van der Waals surface area contributed by atoms with Gasteiger partial charge in [0, 0.05) is 6.04 Å². The van der Waals surface area contributed by atoms with Gasteiger partial charge in [-0.1, -0.05) is 37.6 Å². The Morgan fingerprint density at radius 2 is 1.81 bits per heavy atom. The van der Waals surface area contributed by atoms with E-state index in [0.717, 1.165) is 23.3 Å². The Bertz CT molecular complexity index is 745. The molecule has 27 heavy (non-hydrogen) atoms. The lowest BCUT2D eigenvalue weighted by molar-refractivity contribution is -0.134. The predicted molar refractivity (Wildman–Crippen MR) is 99.8 cm³/mol. The summed E-state index contributed by atoms with van der Waals surface area (Å²) in [7, 11) is 0. The third kappa shape index (κ3) is 4.64. The highest BCUT2D eigenvalue weighted by Gasteiger charge is 2.49. The van der Waals surface area contributed by atoms with Crippen molar-refractivity contribution in [3.05, 3.63) is 35.4 Å². The Hall–Kier alpha value is -2.90. The Morgan fingerprint density at radius 1 is 1.19 bits per heavy atom. The molecular formula is C19H26N4O4. The molecule has 0 bridgehead atoms. The van der Waals surface area contributed by atoms with Gasteiger partial charge in [0.05, 0.1) is 0 Å². The molecular weight excluding hydrogens is 348 g/mol. The van der Waals surface area contributed by atoms with Crippen molar-refractivity contribution in [3.63, 3.8) is 0 Å². The molecule has 2 rings (SSSR count). The average molecular weight is 374 g/mol. The van der Waals surface area contributed by atoms with E-state index in [1.165, 1.54) is 0 Å². The molecule has 1 atom stereocenters. The van der Waals surface area contributed by atoms with E-state index in [-0.39, 0.29) is 6.04 Å². The maximum atomic E-state index is 12.8. The highest BCUT2D eigenvalue weighted by Crippen LogP contribution is 2.29. The summed E-state index contributed by atoms with van der Waals surface area (Å²) in [5.74, 6) is -1.27. The molecule has 0 unspecified atom stereocenters. The molecule has 8 nitrogen and oxygen atoms in total. The Labute approximate surface area is 158 Å². The van der Waals surface area contributed by atoms with Crippen LogP contribution < -0.4 is 16.0 Å². The molecule has 1 saturated heterocycles. The topological polar surface area (TPSA) is 108 Å². The second-order valence-electron chi connectivity index (χ2n) is 7.07. The van der Waals surface area contributed by atoms with Crippen LogP contribution >= 0.6 is 0 Å². The van der Waals surface area contributed by atoms with Crippen molar-refractivity contribution >= 4 is 23.9 Å². The van der Waals surface area contributed by atoms with E-state index in [0.29, 0.717) is 5.56 Å². The predicted octanol–water partition coefficient (Wildman–Crippen LogP) is 1.64. The molecule has 1 fully saturated rings. The van der Waals surface area contributed by atoms with Crippen molar-refractivity contribution in [1.29, 1.82) is 0 Å². The maximum absolute atomic E-state index is 12.8. The summed E-state index contributed by atoms with van der Waals surface area (Å²) < 4.78 is 0. The van der Waals surface area contributed by atoms with Gasteiger partial charge >= 0.3 is 12.1 Å². The van der Waals surface area contributed by atoms with Crippen LogP contribution in [0.15, 0.2) is 24.3 Å². The summed E-state index contributed by atoms with van der Waals surface area (Å²) >= 11 is 0. The third-order valence-corrected chi connectivity index (χ3v) is 4.32. The quantitative estimate of drug-likeness (QED) is 0.658. The van der Waals surface area contributed by atoms with E-state index in [2.05, 4.69) is 22.9 Å². The first-order chi connectivity index (χ1) is 12.7. The highest BCUT2D eigenvalue weighted by molar-refractivity contribution is 6.10. The molecule has 6 amide bonds. The first kappa shape index (κ1) is 20.4. The largest absolute Gasteiger partial charge is 0.336 e. The fourth-order valence-corrected chi connectivity index (χ4v) is 2.94. The normalized spacial score (nSPS) is 19.2. The molecule has 1 aromatic rings. The van der Waals surface area contributed by atoms with Gasteiger partial charge in [0.15, 0.2) is 0 Å². The number of nitrogens with zero attached hydrogens (tertiary/aromatic N) is 1. The number of carbonyl (C=O) groups excluding carboxylic acids is 4. The smallest absolute Gasteiger partial charge is 0.325 e. The Balaban J connectivity index is 2.09. The van der Waals surface area contributed by atoms with Crippen LogP contribution in [0.4, 0.5) is 9.59 Å². The van der Waals surface area contributed by atoms with Crippen LogP contribution in [-0.2, 0) is 21.5 Å². The van der Waals surface area contributed by atoms with Crippen molar-refractivity contribution < 1.29 is 19.2 Å². The number of aryl methyl sites for hydroxylation is 1. The summed E-state index contributed by atoms with van der Waals surface area (Å²) in [6.07, 6.45) is 1.95. The summed E-state index contributed by atoms with van der Waals surface area (Å²) in [6, 6.07) is 5.99. The van der Waals surface area contributed by atoms with Crippen molar-refractivity contribution in [2.75, 3.05) is 6.54 Å². The van der Waals surface area contributed by atoms with Gasteiger partial charge in [-0.15, -0.1) is 0 Å². The van der Waals surface area contributed by atoms with Crippen LogP contribution in [0.2, 0.25) is 0 Å². The summed E-state index contributed by atoms with van der Waals surface area (Å²) in [6.45, 7) is 6.66. The molecule has 146 valence electrons. The van der Waals surface area contributed by atoms with Gasteiger partial charge in [0.1, 0.15) is 12.1 Å². The van der Waals surface area contributed by atoms with E-state index in [9.17, 15) is 19.2 Å². The van der Waals surface area contributed by atoms with Crippen LogP contribution in [0.1, 0.15) is 45.2 Å². The zero-order chi connectivity index (χ0) is 20.2. The minimum Gasteiger partial charge on any atom is -0.336 e. The molecule has 1 heterocycles. The molecule has 3 N–H and O–H groups in total. The van der Waals surface area contributed by atoms with Crippen molar-refractivity contribution in [3.8, 4) is 0 Å². The molecule has 0 saturated carbocycles. The highest BCUT2D eigenvalue weighted by atomic mass is 16.2.